The number of carbonyl (C=O) groups excluding carboxylic acids is 2. The lowest BCUT2D eigenvalue weighted by Crippen LogP contribution is -2.29. The van der Waals surface area contributed by atoms with Crippen LogP contribution >= 0.6 is 23.2 Å². The van der Waals surface area contributed by atoms with E-state index in [1.165, 1.54) is 17.0 Å². The van der Waals surface area contributed by atoms with E-state index in [2.05, 4.69) is 0 Å². The Morgan fingerprint density at radius 1 is 1.05 bits per heavy atom. The summed E-state index contributed by atoms with van der Waals surface area (Å²) in [7, 11) is 0. The van der Waals surface area contributed by atoms with Crippen molar-refractivity contribution in [2.75, 3.05) is 4.90 Å². The van der Waals surface area contributed by atoms with Gasteiger partial charge in [-0.05, 0) is 23.8 Å². The summed E-state index contributed by atoms with van der Waals surface area (Å²) in [4.78, 5) is 25.3. The highest BCUT2D eigenvalue weighted by atomic mass is 35.5. The van der Waals surface area contributed by atoms with E-state index in [0.29, 0.717) is 11.3 Å². The molecule has 0 fully saturated rings. The predicted octanol–water partition coefficient (Wildman–Crippen LogP) is 3.86. The lowest BCUT2D eigenvalue weighted by molar-refractivity contribution is -0.114. The molecule has 0 saturated carbocycles. The molecule has 0 spiro atoms. The summed E-state index contributed by atoms with van der Waals surface area (Å²) in [6.07, 6.45) is 0. The first-order chi connectivity index (χ1) is 10.0. The molecule has 3 rings (SSSR count). The summed E-state index contributed by atoms with van der Waals surface area (Å²) < 4.78 is 13.5. The molecule has 1 amide bonds. The molecule has 1 heterocycles. The fourth-order valence-electron chi connectivity index (χ4n) is 2.30. The molecule has 6 heteroatoms. The van der Waals surface area contributed by atoms with Gasteiger partial charge in [-0.15, -0.1) is 0 Å². The maximum absolute atomic E-state index is 13.5. The van der Waals surface area contributed by atoms with E-state index in [4.69, 9.17) is 23.2 Å². The number of carbonyl (C=O) groups is 2. The van der Waals surface area contributed by atoms with Crippen LogP contribution in [0.3, 0.4) is 0 Å². The van der Waals surface area contributed by atoms with Crippen molar-refractivity contribution in [1.29, 1.82) is 0 Å². The van der Waals surface area contributed by atoms with Crippen molar-refractivity contribution >= 4 is 40.6 Å². The summed E-state index contributed by atoms with van der Waals surface area (Å²) in [5.41, 5.74) is 1.01. The summed E-state index contributed by atoms with van der Waals surface area (Å²) in [5, 5.41) is 0.159. The van der Waals surface area contributed by atoms with E-state index in [1.54, 1.807) is 24.3 Å². The number of halogens is 3. The lowest BCUT2D eigenvalue weighted by atomic mass is 10.1. The molecule has 1 aliphatic rings. The van der Waals surface area contributed by atoms with Gasteiger partial charge in [-0.3, -0.25) is 9.59 Å². The van der Waals surface area contributed by atoms with Gasteiger partial charge in [-0.25, -0.2) is 4.39 Å². The maximum Gasteiger partial charge on any atom is 0.299 e. The standard InChI is InChI=1S/C15H8Cl2FNO2/c16-9-4-2-6-11-12(9)14(20)15(21)19(11)7-8-3-1-5-10(18)13(8)17/h1-6H,7H2. The minimum Gasteiger partial charge on any atom is -0.300 e. The Bertz CT molecular complexity index is 776. The highest BCUT2D eigenvalue weighted by Crippen LogP contribution is 2.35. The van der Waals surface area contributed by atoms with Crippen LogP contribution < -0.4 is 4.90 Å². The number of amides is 1. The van der Waals surface area contributed by atoms with Crippen LogP contribution in [0.2, 0.25) is 10.0 Å². The van der Waals surface area contributed by atoms with Gasteiger partial charge >= 0.3 is 0 Å². The quantitative estimate of drug-likeness (QED) is 0.787. The van der Waals surface area contributed by atoms with Gasteiger partial charge < -0.3 is 4.90 Å². The van der Waals surface area contributed by atoms with Gasteiger partial charge in [0.2, 0.25) is 0 Å². The van der Waals surface area contributed by atoms with E-state index in [1.807, 2.05) is 0 Å². The molecule has 21 heavy (non-hydrogen) atoms. The second-order valence-corrected chi connectivity index (χ2v) is 5.35. The minimum atomic E-state index is -0.696. The Hall–Kier alpha value is -1.91. The smallest absolute Gasteiger partial charge is 0.299 e. The maximum atomic E-state index is 13.5. The number of rotatable bonds is 2. The molecule has 1 aliphatic heterocycles. The Morgan fingerprint density at radius 2 is 1.76 bits per heavy atom. The van der Waals surface area contributed by atoms with Crippen molar-refractivity contribution in [3.05, 3.63) is 63.4 Å². The molecular weight excluding hydrogens is 316 g/mol. The molecule has 0 aromatic heterocycles. The molecule has 0 radical (unpaired) electrons. The third-order valence-corrected chi connectivity index (χ3v) is 4.05. The van der Waals surface area contributed by atoms with Crippen molar-refractivity contribution in [2.45, 2.75) is 6.54 Å². The molecule has 2 aromatic rings. The largest absolute Gasteiger partial charge is 0.300 e. The van der Waals surface area contributed by atoms with Crippen LogP contribution in [0.5, 0.6) is 0 Å². The zero-order chi connectivity index (χ0) is 15.1. The molecular formula is C15H8Cl2FNO2. The normalized spacial score (nSPS) is 13.8. The topological polar surface area (TPSA) is 37.4 Å². The van der Waals surface area contributed by atoms with Crippen LogP contribution in [0, 0.1) is 5.82 Å². The zero-order valence-electron chi connectivity index (χ0n) is 10.6. The highest BCUT2D eigenvalue weighted by molar-refractivity contribution is 6.55. The van der Waals surface area contributed by atoms with E-state index in [0.717, 1.165) is 0 Å². The molecule has 0 bridgehead atoms. The van der Waals surface area contributed by atoms with Gasteiger partial charge in [-0.1, -0.05) is 41.4 Å². The Balaban J connectivity index is 2.05. The van der Waals surface area contributed by atoms with Crippen LogP contribution in [-0.2, 0) is 11.3 Å². The number of hydrogen-bond acceptors (Lipinski definition) is 2. The number of fused-ring (bicyclic) bond motifs is 1. The lowest BCUT2D eigenvalue weighted by Gasteiger charge is -2.17. The molecule has 0 atom stereocenters. The summed E-state index contributed by atoms with van der Waals surface area (Å²) in [5.74, 6) is -1.93. The molecule has 0 unspecified atom stereocenters. The number of hydrogen-bond donors (Lipinski definition) is 0. The van der Waals surface area contributed by atoms with E-state index >= 15 is 0 Å². The van der Waals surface area contributed by atoms with Crippen molar-refractivity contribution in [3.63, 3.8) is 0 Å². The third kappa shape index (κ3) is 2.20. The number of nitrogens with zero attached hydrogens (tertiary/aromatic N) is 1. The van der Waals surface area contributed by atoms with Crippen molar-refractivity contribution in [3.8, 4) is 0 Å². The zero-order valence-corrected chi connectivity index (χ0v) is 12.1. The van der Waals surface area contributed by atoms with Gasteiger partial charge in [0, 0.05) is 0 Å². The van der Waals surface area contributed by atoms with Gasteiger partial charge in [0.15, 0.2) is 0 Å². The van der Waals surface area contributed by atoms with Crippen LogP contribution in [-0.4, -0.2) is 11.7 Å². The summed E-state index contributed by atoms with van der Waals surface area (Å²) in [6, 6.07) is 9.14. The van der Waals surface area contributed by atoms with Gasteiger partial charge in [0.25, 0.3) is 11.7 Å². The molecule has 0 N–H and O–H groups in total. The summed E-state index contributed by atoms with van der Waals surface area (Å²) in [6.45, 7) is 0.00844. The first-order valence-electron chi connectivity index (χ1n) is 6.08. The van der Waals surface area contributed by atoms with Crippen molar-refractivity contribution in [1.82, 2.24) is 0 Å². The van der Waals surface area contributed by atoms with Crippen LogP contribution in [0.4, 0.5) is 10.1 Å². The third-order valence-electron chi connectivity index (χ3n) is 3.31. The fourth-order valence-corrected chi connectivity index (χ4v) is 2.74. The molecule has 106 valence electrons. The Kier molecular flexibility index (Phi) is 3.43. The number of benzene rings is 2. The number of ketones is 1. The Morgan fingerprint density at radius 3 is 2.52 bits per heavy atom. The minimum absolute atomic E-state index is 0.00844. The Labute approximate surface area is 129 Å². The first kappa shape index (κ1) is 14.0. The van der Waals surface area contributed by atoms with Gasteiger partial charge in [0.1, 0.15) is 5.82 Å². The van der Waals surface area contributed by atoms with Crippen molar-refractivity contribution in [2.24, 2.45) is 0 Å². The van der Waals surface area contributed by atoms with E-state index in [-0.39, 0.29) is 22.2 Å². The predicted molar refractivity (Wildman–Crippen MR) is 78.4 cm³/mol. The van der Waals surface area contributed by atoms with Crippen LogP contribution in [0.15, 0.2) is 36.4 Å². The average molecular weight is 324 g/mol. The number of Topliss-reactive ketones (excluding diaryl/α,β-unsaturated/α-hetero) is 1. The molecule has 3 nitrogen and oxygen atoms in total. The van der Waals surface area contributed by atoms with Gasteiger partial charge in [-0.2, -0.15) is 0 Å². The van der Waals surface area contributed by atoms with Crippen molar-refractivity contribution < 1.29 is 14.0 Å². The molecule has 2 aromatic carbocycles. The van der Waals surface area contributed by atoms with E-state index < -0.39 is 17.5 Å². The van der Waals surface area contributed by atoms with E-state index in [9.17, 15) is 14.0 Å². The second kappa shape index (κ2) is 5.13. The SMILES string of the molecule is O=C1C(=O)N(Cc2cccc(F)c2Cl)c2cccc(Cl)c21. The monoisotopic (exact) mass is 323 g/mol. The summed E-state index contributed by atoms with van der Waals surface area (Å²) >= 11 is 11.9. The first-order valence-corrected chi connectivity index (χ1v) is 6.84. The highest BCUT2D eigenvalue weighted by Gasteiger charge is 2.37. The molecule has 0 saturated heterocycles. The van der Waals surface area contributed by atoms with Gasteiger partial charge in [0.05, 0.1) is 27.8 Å². The molecule has 0 aliphatic carbocycles. The van der Waals surface area contributed by atoms with Crippen LogP contribution in [0.1, 0.15) is 15.9 Å². The van der Waals surface area contributed by atoms with Crippen LogP contribution in [0.25, 0.3) is 0 Å². The average Bonchev–Trinajstić information content (AvgIpc) is 2.70. The second-order valence-electron chi connectivity index (χ2n) is 4.57. The number of anilines is 1. The fraction of sp³-hybridized carbons (Fsp3) is 0.0667.